The molecule has 0 aromatic heterocycles. The lowest BCUT2D eigenvalue weighted by Crippen LogP contribution is -2.03. The van der Waals surface area contributed by atoms with E-state index in [0.717, 1.165) is 0 Å². The first-order chi connectivity index (χ1) is 4.64. The highest BCUT2D eigenvalue weighted by Crippen LogP contribution is 2.34. The van der Waals surface area contributed by atoms with Crippen LogP contribution in [0, 0.1) is 0 Å². The number of rotatable bonds is 1. The van der Waals surface area contributed by atoms with Gasteiger partial charge in [-0.05, 0) is 0 Å². The molecule has 3 N–H and O–H groups in total. The summed E-state index contributed by atoms with van der Waals surface area (Å²) < 4.78 is 19.0. The molecule has 0 aliphatic heterocycles. The average molecular weight is 229 g/mol. The molecule has 0 rings (SSSR count). The van der Waals surface area contributed by atoms with Crippen LogP contribution in [0.5, 0.6) is 0 Å². The van der Waals surface area contributed by atoms with Gasteiger partial charge >= 0.3 is 13.9 Å². The quantitative estimate of drug-likeness (QED) is 0.459. The van der Waals surface area contributed by atoms with Crippen LogP contribution in [0.1, 0.15) is 0 Å². The number of hydrogen-bond donors (Lipinski definition) is 3. The Morgan fingerprint density at radius 2 is 1.55 bits per heavy atom. The molecule has 0 fully saturated rings. The topological polar surface area (TPSA) is 94.8 Å². The molecule has 9 heteroatoms. The van der Waals surface area contributed by atoms with E-state index in [0.29, 0.717) is 0 Å². The molecule has 0 aliphatic rings. The molecule has 68 valence electrons. The SMILES string of the molecule is O=C(O)C(Cl)Cl.O=P(O)(O)F. The van der Waals surface area contributed by atoms with E-state index in [9.17, 15) is 8.99 Å². The van der Waals surface area contributed by atoms with Gasteiger partial charge in [-0.3, -0.25) is 9.79 Å². The molecule has 0 unspecified atom stereocenters. The van der Waals surface area contributed by atoms with Crippen LogP contribution in [0.4, 0.5) is 4.20 Å². The van der Waals surface area contributed by atoms with Gasteiger partial charge in [0, 0.05) is 0 Å². The highest BCUT2D eigenvalue weighted by molar-refractivity contribution is 7.45. The summed E-state index contributed by atoms with van der Waals surface area (Å²) in [6.45, 7) is 0. The van der Waals surface area contributed by atoms with Gasteiger partial charge in [0.25, 0.3) is 0 Å². The fourth-order valence-corrected chi connectivity index (χ4v) is 0. The van der Waals surface area contributed by atoms with Crippen LogP contribution < -0.4 is 0 Å². The number of hydrogen-bond acceptors (Lipinski definition) is 2. The van der Waals surface area contributed by atoms with Crippen molar-refractivity contribution in [3.63, 3.8) is 0 Å². The fourth-order valence-electron chi connectivity index (χ4n) is 0. The Morgan fingerprint density at radius 3 is 1.55 bits per heavy atom. The molecule has 0 aromatic rings. The first kappa shape index (κ1) is 13.7. The minimum atomic E-state index is -5.14. The van der Waals surface area contributed by atoms with Crippen molar-refractivity contribution in [2.24, 2.45) is 0 Å². The van der Waals surface area contributed by atoms with Gasteiger partial charge in [-0.15, -0.1) is 4.20 Å². The Labute approximate surface area is 71.0 Å². The van der Waals surface area contributed by atoms with Crippen molar-refractivity contribution in [3.05, 3.63) is 0 Å². The Morgan fingerprint density at radius 1 is 1.45 bits per heavy atom. The Kier molecular flexibility index (Phi) is 7.15. The maximum Gasteiger partial charge on any atom is 0.507 e. The van der Waals surface area contributed by atoms with Gasteiger partial charge < -0.3 is 5.11 Å². The third-order valence-electron chi connectivity index (χ3n) is 0.187. The van der Waals surface area contributed by atoms with E-state index < -0.39 is 18.7 Å². The first-order valence-electron chi connectivity index (χ1n) is 1.90. The Hall–Kier alpha value is 0.130. The smallest absolute Gasteiger partial charge is 0.479 e. The Balaban J connectivity index is 0. The van der Waals surface area contributed by atoms with Crippen molar-refractivity contribution in [3.8, 4) is 0 Å². The van der Waals surface area contributed by atoms with Crippen molar-refractivity contribution >= 4 is 37.1 Å². The molecule has 0 heterocycles. The first-order valence-corrected chi connectivity index (χ1v) is 4.28. The minimum absolute atomic E-state index is 1.21. The second-order valence-corrected chi connectivity index (χ2v) is 3.15. The summed E-state index contributed by atoms with van der Waals surface area (Å²) in [6.07, 6.45) is 0. The predicted octanol–water partition coefficient (Wildman–Crippen LogP) is 0.923. The molecular formula is C2H4Cl2FO5P. The van der Waals surface area contributed by atoms with E-state index in [4.69, 9.17) is 42.7 Å². The number of carboxylic acids is 1. The summed E-state index contributed by atoms with van der Waals surface area (Å²) in [5, 5.41) is 7.73. The molecular weight excluding hydrogens is 225 g/mol. The van der Waals surface area contributed by atoms with Gasteiger partial charge in [0.2, 0.25) is 4.84 Å². The molecule has 0 saturated carbocycles. The monoisotopic (exact) mass is 228 g/mol. The number of aliphatic carboxylic acids is 1. The van der Waals surface area contributed by atoms with E-state index in [-0.39, 0.29) is 0 Å². The van der Waals surface area contributed by atoms with Gasteiger partial charge in [0.15, 0.2) is 0 Å². The third-order valence-corrected chi connectivity index (χ3v) is 0.560. The van der Waals surface area contributed by atoms with Crippen LogP contribution in [0.3, 0.4) is 0 Å². The van der Waals surface area contributed by atoms with Crippen LogP contribution >= 0.6 is 31.1 Å². The van der Waals surface area contributed by atoms with E-state index in [1.165, 1.54) is 0 Å². The van der Waals surface area contributed by atoms with Gasteiger partial charge in [-0.1, -0.05) is 23.2 Å². The summed E-state index contributed by atoms with van der Waals surface area (Å²) in [7, 11) is -5.14. The zero-order chi connectivity index (χ0) is 9.65. The highest BCUT2D eigenvalue weighted by atomic mass is 35.5. The van der Waals surface area contributed by atoms with E-state index in [1.807, 2.05) is 0 Å². The van der Waals surface area contributed by atoms with Gasteiger partial charge in [0.05, 0.1) is 0 Å². The van der Waals surface area contributed by atoms with Crippen molar-refractivity contribution in [2.75, 3.05) is 0 Å². The van der Waals surface area contributed by atoms with Crippen LogP contribution in [-0.2, 0) is 9.36 Å². The van der Waals surface area contributed by atoms with Crippen molar-refractivity contribution < 1.29 is 28.4 Å². The molecule has 5 nitrogen and oxygen atoms in total. The summed E-state index contributed by atoms with van der Waals surface area (Å²) >= 11 is 9.56. The standard InChI is InChI=1S/C2H2Cl2O2.FH2O3P/c3-1(4)2(5)6;1-5(2,3)4/h1H,(H,5,6);(H2,2,3,4). The number of alkyl halides is 2. The maximum atomic E-state index is 10.4. The molecule has 0 radical (unpaired) electrons. The van der Waals surface area contributed by atoms with Crippen molar-refractivity contribution in [2.45, 2.75) is 4.84 Å². The average Bonchev–Trinajstić information content (AvgIpc) is 1.59. The molecule has 0 bridgehead atoms. The summed E-state index contributed by atoms with van der Waals surface area (Å²) in [4.78, 5) is 22.1. The van der Waals surface area contributed by atoms with Crippen LogP contribution in [-0.4, -0.2) is 25.7 Å². The zero-order valence-corrected chi connectivity index (χ0v) is 7.22. The largest absolute Gasteiger partial charge is 0.507 e. The molecule has 0 aliphatic carbocycles. The van der Waals surface area contributed by atoms with Crippen molar-refractivity contribution in [1.29, 1.82) is 0 Å². The van der Waals surface area contributed by atoms with Crippen LogP contribution in [0.2, 0.25) is 0 Å². The lowest BCUT2D eigenvalue weighted by molar-refractivity contribution is -0.135. The molecule has 0 aromatic carbocycles. The molecule has 0 amide bonds. The molecule has 11 heavy (non-hydrogen) atoms. The maximum absolute atomic E-state index is 10.4. The Bertz CT molecular complexity index is 158. The molecule has 0 atom stereocenters. The highest BCUT2D eigenvalue weighted by Gasteiger charge is 2.05. The van der Waals surface area contributed by atoms with E-state index in [1.54, 1.807) is 0 Å². The summed E-state index contributed by atoms with van der Waals surface area (Å²) in [5.41, 5.74) is 0. The lowest BCUT2D eigenvalue weighted by Gasteiger charge is -1.84. The van der Waals surface area contributed by atoms with Crippen molar-refractivity contribution in [1.82, 2.24) is 0 Å². The fraction of sp³-hybridized carbons (Fsp3) is 0.500. The summed E-state index contributed by atoms with van der Waals surface area (Å²) in [5.74, 6) is -1.21. The predicted molar refractivity (Wildman–Crippen MR) is 36.3 cm³/mol. The third kappa shape index (κ3) is 39.3. The van der Waals surface area contributed by atoms with Crippen LogP contribution in [0.25, 0.3) is 0 Å². The van der Waals surface area contributed by atoms with Crippen LogP contribution in [0.15, 0.2) is 0 Å². The summed E-state index contributed by atoms with van der Waals surface area (Å²) in [6, 6.07) is 0. The zero-order valence-electron chi connectivity index (χ0n) is 4.82. The minimum Gasteiger partial charge on any atom is -0.479 e. The van der Waals surface area contributed by atoms with E-state index in [2.05, 4.69) is 0 Å². The van der Waals surface area contributed by atoms with E-state index >= 15 is 0 Å². The van der Waals surface area contributed by atoms with Gasteiger partial charge in [-0.2, -0.15) is 0 Å². The normalized spacial score (nSPS) is 10.4. The van der Waals surface area contributed by atoms with Gasteiger partial charge in [-0.25, -0.2) is 9.36 Å². The number of halogens is 3. The second kappa shape index (κ2) is 5.74. The van der Waals surface area contributed by atoms with Gasteiger partial charge in [0.1, 0.15) is 0 Å². The second-order valence-electron chi connectivity index (χ2n) is 1.11. The molecule has 0 saturated heterocycles. The molecule has 0 spiro atoms. The lowest BCUT2D eigenvalue weighted by atomic mass is 10.8. The number of carboxylic acid groups (broad SMARTS) is 1. The number of carbonyl (C=O) groups is 1.